The molecule has 1 aromatic carbocycles. The van der Waals surface area contributed by atoms with Crippen molar-refractivity contribution in [2.75, 3.05) is 33.0 Å². The van der Waals surface area contributed by atoms with Crippen molar-refractivity contribution in [1.29, 1.82) is 0 Å². The number of halogens is 3. The predicted octanol–water partition coefficient (Wildman–Crippen LogP) is 1.32. The second-order valence-electron chi connectivity index (χ2n) is 5.16. The molecule has 1 N–H and O–H groups in total. The highest BCUT2D eigenvalue weighted by Crippen LogP contribution is 2.28. The Labute approximate surface area is 140 Å². The molecule has 1 unspecified atom stereocenters. The third-order valence-corrected chi connectivity index (χ3v) is 3.33. The molecule has 1 aliphatic heterocycles. The Morgan fingerprint density at radius 3 is 2.48 bits per heavy atom. The largest absolute Gasteiger partial charge is 0.480 e. The van der Waals surface area contributed by atoms with Crippen molar-refractivity contribution in [2.45, 2.75) is 12.2 Å². The first kappa shape index (κ1) is 18.8. The lowest BCUT2D eigenvalue weighted by molar-refractivity contribution is -0.159. The van der Waals surface area contributed by atoms with Crippen molar-refractivity contribution >= 4 is 11.9 Å². The number of alkyl halides is 3. The van der Waals surface area contributed by atoms with Crippen LogP contribution in [0.1, 0.15) is 0 Å². The fourth-order valence-electron chi connectivity index (χ4n) is 2.18. The molecule has 0 spiro atoms. The van der Waals surface area contributed by atoms with Crippen LogP contribution in [0.15, 0.2) is 24.3 Å². The summed E-state index contributed by atoms with van der Waals surface area (Å²) in [5.74, 6) is -2.02. The molecule has 0 radical (unpaired) electrons. The first-order valence-corrected chi connectivity index (χ1v) is 7.29. The molecule has 0 bridgehead atoms. The maximum Gasteiger partial charge on any atom is 0.422 e. The van der Waals surface area contributed by atoms with Crippen LogP contribution in [0, 0.1) is 0 Å². The highest BCUT2D eigenvalue weighted by molar-refractivity contribution is 5.84. The van der Waals surface area contributed by atoms with Crippen molar-refractivity contribution < 1.29 is 42.1 Å². The fraction of sp³-hybridized carbons (Fsp3) is 0.467. The molecule has 1 fully saturated rings. The first-order valence-electron chi connectivity index (χ1n) is 7.29. The Morgan fingerprint density at radius 1 is 1.24 bits per heavy atom. The van der Waals surface area contributed by atoms with Crippen molar-refractivity contribution in [3.05, 3.63) is 24.3 Å². The molecule has 1 amide bonds. The number of hydrogen-bond acceptors (Lipinski definition) is 5. The van der Waals surface area contributed by atoms with E-state index in [9.17, 15) is 22.8 Å². The average molecular weight is 363 g/mol. The Bertz CT molecular complexity index is 622. The van der Waals surface area contributed by atoms with E-state index in [1.54, 1.807) is 0 Å². The minimum atomic E-state index is -4.51. The van der Waals surface area contributed by atoms with Crippen molar-refractivity contribution in [3.8, 4) is 11.5 Å². The lowest BCUT2D eigenvalue weighted by Crippen LogP contribution is -2.53. The average Bonchev–Trinajstić information content (AvgIpc) is 2.57. The predicted molar refractivity (Wildman–Crippen MR) is 77.4 cm³/mol. The van der Waals surface area contributed by atoms with E-state index in [0.717, 1.165) is 4.90 Å². The molecule has 0 aliphatic carbocycles. The van der Waals surface area contributed by atoms with Gasteiger partial charge < -0.3 is 24.2 Å². The summed E-state index contributed by atoms with van der Waals surface area (Å²) in [5, 5.41) is 9.09. The molecule has 1 aromatic rings. The summed E-state index contributed by atoms with van der Waals surface area (Å²) in [7, 11) is 0. The van der Waals surface area contributed by atoms with E-state index in [0.29, 0.717) is 0 Å². The van der Waals surface area contributed by atoms with E-state index in [-0.39, 0.29) is 31.3 Å². The number of nitrogens with zero attached hydrogens (tertiary/aromatic N) is 1. The van der Waals surface area contributed by atoms with Crippen LogP contribution in [0.4, 0.5) is 13.2 Å². The summed E-state index contributed by atoms with van der Waals surface area (Å²) in [5.41, 5.74) is 0. The van der Waals surface area contributed by atoms with Gasteiger partial charge in [-0.15, -0.1) is 0 Å². The number of carbonyl (C=O) groups is 2. The van der Waals surface area contributed by atoms with Gasteiger partial charge in [0, 0.05) is 6.54 Å². The Morgan fingerprint density at radius 2 is 1.88 bits per heavy atom. The Balaban J connectivity index is 1.98. The van der Waals surface area contributed by atoms with Gasteiger partial charge in [0.15, 0.2) is 30.8 Å². The van der Waals surface area contributed by atoms with E-state index in [4.69, 9.17) is 14.6 Å². The highest BCUT2D eigenvalue weighted by Gasteiger charge is 2.33. The number of para-hydroxylation sites is 2. The molecular weight excluding hydrogens is 347 g/mol. The Hall–Kier alpha value is -2.49. The summed E-state index contributed by atoms with van der Waals surface area (Å²) in [6.45, 7) is -1.87. The van der Waals surface area contributed by atoms with Crippen molar-refractivity contribution in [2.24, 2.45) is 0 Å². The van der Waals surface area contributed by atoms with Crippen LogP contribution < -0.4 is 9.47 Å². The maximum atomic E-state index is 12.3. The summed E-state index contributed by atoms with van der Waals surface area (Å²) in [6, 6.07) is 4.48. The van der Waals surface area contributed by atoms with Gasteiger partial charge in [0.2, 0.25) is 0 Å². The third-order valence-electron chi connectivity index (χ3n) is 3.33. The SMILES string of the molecule is O=C(O)C1COCCN1C(=O)COc1ccccc1OCC(F)(F)F. The second-order valence-corrected chi connectivity index (χ2v) is 5.16. The van der Waals surface area contributed by atoms with Gasteiger partial charge in [-0.25, -0.2) is 4.79 Å². The van der Waals surface area contributed by atoms with E-state index in [1.807, 2.05) is 0 Å². The van der Waals surface area contributed by atoms with Crippen LogP contribution in [0.25, 0.3) is 0 Å². The van der Waals surface area contributed by atoms with Gasteiger partial charge in [-0.2, -0.15) is 13.2 Å². The zero-order valence-corrected chi connectivity index (χ0v) is 13.0. The molecule has 1 heterocycles. The van der Waals surface area contributed by atoms with E-state index in [1.165, 1.54) is 24.3 Å². The lowest BCUT2D eigenvalue weighted by atomic mass is 10.2. The number of morpholine rings is 1. The fourth-order valence-corrected chi connectivity index (χ4v) is 2.18. The monoisotopic (exact) mass is 363 g/mol. The zero-order chi connectivity index (χ0) is 18.4. The van der Waals surface area contributed by atoms with E-state index < -0.39 is 37.3 Å². The van der Waals surface area contributed by atoms with Crippen LogP contribution in [-0.4, -0.2) is 67.1 Å². The van der Waals surface area contributed by atoms with E-state index in [2.05, 4.69) is 4.74 Å². The molecule has 1 aliphatic rings. The number of amides is 1. The quantitative estimate of drug-likeness (QED) is 0.821. The lowest BCUT2D eigenvalue weighted by Gasteiger charge is -2.32. The third kappa shape index (κ3) is 5.52. The number of carbonyl (C=O) groups excluding carboxylic acids is 1. The summed E-state index contributed by atoms with van der Waals surface area (Å²) in [6.07, 6.45) is -4.51. The van der Waals surface area contributed by atoms with Gasteiger partial charge in [0.05, 0.1) is 13.2 Å². The van der Waals surface area contributed by atoms with Crippen LogP contribution in [0.2, 0.25) is 0 Å². The number of hydrogen-bond donors (Lipinski definition) is 1. The molecule has 25 heavy (non-hydrogen) atoms. The molecule has 0 aromatic heterocycles. The number of carboxylic acid groups (broad SMARTS) is 1. The highest BCUT2D eigenvalue weighted by atomic mass is 19.4. The minimum absolute atomic E-state index is 0.0414. The van der Waals surface area contributed by atoms with Gasteiger partial charge in [0.1, 0.15) is 0 Å². The zero-order valence-electron chi connectivity index (χ0n) is 13.0. The number of aliphatic carboxylic acids is 1. The van der Waals surface area contributed by atoms with E-state index >= 15 is 0 Å². The maximum absolute atomic E-state index is 12.3. The summed E-state index contributed by atoms with van der Waals surface area (Å²) < 4.78 is 51.7. The number of benzene rings is 1. The molecule has 1 saturated heterocycles. The van der Waals surface area contributed by atoms with Crippen LogP contribution in [0.3, 0.4) is 0 Å². The van der Waals surface area contributed by atoms with Gasteiger partial charge in [-0.05, 0) is 12.1 Å². The number of carboxylic acids is 1. The molecule has 7 nitrogen and oxygen atoms in total. The van der Waals surface area contributed by atoms with Crippen LogP contribution >= 0.6 is 0 Å². The van der Waals surface area contributed by atoms with Crippen molar-refractivity contribution in [1.82, 2.24) is 4.90 Å². The van der Waals surface area contributed by atoms with Gasteiger partial charge in [0.25, 0.3) is 5.91 Å². The van der Waals surface area contributed by atoms with Crippen molar-refractivity contribution in [3.63, 3.8) is 0 Å². The first-order chi connectivity index (χ1) is 11.8. The molecule has 0 saturated carbocycles. The van der Waals surface area contributed by atoms with Gasteiger partial charge in [-0.3, -0.25) is 4.79 Å². The molecule has 2 rings (SSSR count). The normalized spacial score (nSPS) is 17.9. The summed E-state index contributed by atoms with van der Waals surface area (Å²) >= 11 is 0. The minimum Gasteiger partial charge on any atom is -0.480 e. The molecular formula is C15H16F3NO6. The van der Waals surface area contributed by atoms with Crippen LogP contribution in [0.5, 0.6) is 11.5 Å². The van der Waals surface area contributed by atoms with Gasteiger partial charge in [-0.1, -0.05) is 12.1 Å². The number of ether oxygens (including phenoxy) is 3. The number of rotatable bonds is 6. The second kappa shape index (κ2) is 8.06. The smallest absolute Gasteiger partial charge is 0.422 e. The Kier molecular flexibility index (Phi) is 6.07. The van der Waals surface area contributed by atoms with Crippen LogP contribution in [-0.2, 0) is 14.3 Å². The summed E-state index contributed by atoms with van der Waals surface area (Å²) in [4.78, 5) is 24.4. The van der Waals surface area contributed by atoms with Gasteiger partial charge >= 0.3 is 12.1 Å². The standard InChI is InChI=1S/C15H16F3NO6/c16-15(17,18)9-25-12-4-2-1-3-11(12)24-8-13(20)19-5-6-23-7-10(19)14(21)22/h1-4,10H,5-9H2,(H,21,22). The molecule has 10 heteroatoms. The molecule has 138 valence electrons. The topological polar surface area (TPSA) is 85.3 Å². The molecule has 1 atom stereocenters.